The second kappa shape index (κ2) is 11.9. The molecule has 1 saturated carbocycles. The summed E-state index contributed by atoms with van der Waals surface area (Å²) in [5.74, 6) is -0.999. The minimum Gasteiger partial charge on any atom is -0.410 e. The Morgan fingerprint density at radius 2 is 1.55 bits per heavy atom. The SMILES string of the molecule is CN(C(=O)Oc1ccc(F)cc1)C1CN(C(=O)C2CCN(C(=O)C3CC(F)C3)CC2)CC1c1ccc(Cl)c(Cl)c1. The number of hydrogen-bond acceptors (Lipinski definition) is 4. The molecule has 214 valence electrons. The van der Waals surface area contributed by atoms with Crippen molar-refractivity contribution in [3.8, 4) is 5.75 Å². The smallest absolute Gasteiger partial charge is 0.410 e. The van der Waals surface area contributed by atoms with Crippen LogP contribution in [-0.4, -0.2) is 78.0 Å². The summed E-state index contributed by atoms with van der Waals surface area (Å²) >= 11 is 12.4. The number of likely N-dealkylation sites (N-methyl/N-ethyl adjacent to an activating group) is 1. The Hall–Kier alpha value is -2.91. The van der Waals surface area contributed by atoms with Crippen molar-refractivity contribution in [2.24, 2.45) is 11.8 Å². The predicted octanol–water partition coefficient (Wildman–Crippen LogP) is 5.54. The molecule has 2 heterocycles. The number of rotatable bonds is 5. The van der Waals surface area contributed by atoms with E-state index in [9.17, 15) is 23.2 Å². The highest BCUT2D eigenvalue weighted by Gasteiger charge is 2.43. The Morgan fingerprint density at radius 1 is 0.900 bits per heavy atom. The Labute approximate surface area is 241 Å². The van der Waals surface area contributed by atoms with Crippen molar-refractivity contribution < 1.29 is 27.9 Å². The third-order valence-electron chi connectivity index (χ3n) is 8.36. The molecule has 2 aromatic carbocycles. The predicted molar refractivity (Wildman–Crippen MR) is 147 cm³/mol. The van der Waals surface area contributed by atoms with Gasteiger partial charge in [-0.05, 0) is 67.6 Å². The summed E-state index contributed by atoms with van der Waals surface area (Å²) in [6, 6.07) is 10.0. The number of amides is 3. The molecule has 3 fully saturated rings. The van der Waals surface area contributed by atoms with Gasteiger partial charge in [0.15, 0.2) is 0 Å². The number of likely N-dealkylation sites (tertiary alicyclic amines) is 2. The zero-order chi connectivity index (χ0) is 28.6. The standard InChI is InChI=1S/C29H31Cl2F2N3O4/c1-34(29(39)40-22-5-3-20(32)4-6-22)26-16-36(15-23(26)18-2-7-24(30)25(31)14-18)27(37)17-8-10-35(11-9-17)28(38)19-12-21(33)13-19/h2-7,14,17,19,21,23,26H,8-13,15-16H2,1H3. The highest BCUT2D eigenvalue weighted by Crippen LogP contribution is 2.37. The molecule has 7 nitrogen and oxygen atoms in total. The summed E-state index contributed by atoms with van der Waals surface area (Å²) in [7, 11) is 1.61. The van der Waals surface area contributed by atoms with Crippen molar-refractivity contribution in [3.05, 3.63) is 63.9 Å². The molecule has 3 aliphatic rings. The normalized spacial score (nSPS) is 24.9. The topological polar surface area (TPSA) is 70.2 Å². The number of carbonyl (C=O) groups is 3. The first-order valence-electron chi connectivity index (χ1n) is 13.5. The van der Waals surface area contributed by atoms with Crippen molar-refractivity contribution in [1.29, 1.82) is 0 Å². The summed E-state index contributed by atoms with van der Waals surface area (Å²) in [5.41, 5.74) is 0.836. The molecule has 0 radical (unpaired) electrons. The van der Waals surface area contributed by atoms with Crippen LogP contribution in [0.4, 0.5) is 13.6 Å². The molecular weight excluding hydrogens is 563 g/mol. The van der Waals surface area contributed by atoms with E-state index in [1.165, 1.54) is 29.2 Å². The zero-order valence-corrected chi connectivity index (χ0v) is 23.6. The molecule has 0 N–H and O–H groups in total. The largest absolute Gasteiger partial charge is 0.415 e. The Morgan fingerprint density at radius 3 is 2.17 bits per heavy atom. The number of alkyl halides is 1. The molecule has 1 aliphatic carbocycles. The lowest BCUT2D eigenvalue weighted by molar-refractivity contribution is -0.145. The van der Waals surface area contributed by atoms with Crippen LogP contribution in [0, 0.1) is 17.7 Å². The molecule has 2 aliphatic heterocycles. The van der Waals surface area contributed by atoms with Gasteiger partial charge in [-0.3, -0.25) is 9.59 Å². The van der Waals surface area contributed by atoms with E-state index in [0.717, 1.165) is 5.56 Å². The molecule has 0 aromatic heterocycles. The minimum atomic E-state index is -0.884. The average Bonchev–Trinajstić information content (AvgIpc) is 3.38. The van der Waals surface area contributed by atoms with E-state index in [1.807, 2.05) is 6.07 Å². The van der Waals surface area contributed by atoms with Crippen LogP contribution in [-0.2, 0) is 9.59 Å². The summed E-state index contributed by atoms with van der Waals surface area (Å²) < 4.78 is 32.0. The number of ether oxygens (including phenoxy) is 1. The number of benzene rings is 2. The zero-order valence-electron chi connectivity index (χ0n) is 22.1. The van der Waals surface area contributed by atoms with Gasteiger partial charge < -0.3 is 19.4 Å². The van der Waals surface area contributed by atoms with Crippen molar-refractivity contribution in [2.45, 2.75) is 43.8 Å². The maximum atomic E-state index is 13.6. The van der Waals surface area contributed by atoms with Crippen LogP contribution in [0.1, 0.15) is 37.2 Å². The van der Waals surface area contributed by atoms with Gasteiger partial charge in [-0.1, -0.05) is 29.3 Å². The van der Waals surface area contributed by atoms with E-state index in [-0.39, 0.29) is 41.9 Å². The first-order valence-corrected chi connectivity index (χ1v) is 14.2. The summed E-state index contributed by atoms with van der Waals surface area (Å²) in [6.45, 7) is 1.60. The van der Waals surface area contributed by atoms with E-state index in [2.05, 4.69) is 0 Å². The van der Waals surface area contributed by atoms with E-state index in [1.54, 1.807) is 29.0 Å². The average molecular weight is 594 g/mol. The highest BCUT2D eigenvalue weighted by molar-refractivity contribution is 6.42. The lowest BCUT2D eigenvalue weighted by Gasteiger charge is -2.38. The van der Waals surface area contributed by atoms with E-state index in [0.29, 0.717) is 55.4 Å². The second-order valence-corrected chi connectivity index (χ2v) is 11.7. The second-order valence-electron chi connectivity index (χ2n) is 10.9. The number of carbonyl (C=O) groups excluding carboxylic acids is 3. The lowest BCUT2D eigenvalue weighted by atomic mass is 9.82. The molecule has 0 spiro atoms. The quantitative estimate of drug-likeness (QED) is 0.456. The third kappa shape index (κ3) is 6.05. The molecule has 40 heavy (non-hydrogen) atoms. The number of halogens is 4. The first kappa shape index (κ1) is 28.6. The van der Waals surface area contributed by atoms with Gasteiger partial charge in [0.05, 0.1) is 16.1 Å². The lowest BCUT2D eigenvalue weighted by Crippen LogP contribution is -2.48. The maximum absolute atomic E-state index is 13.6. The van der Waals surface area contributed by atoms with E-state index >= 15 is 0 Å². The molecule has 2 aromatic rings. The van der Waals surface area contributed by atoms with Gasteiger partial charge in [-0.15, -0.1) is 0 Å². The van der Waals surface area contributed by atoms with Crippen LogP contribution in [0.15, 0.2) is 42.5 Å². The van der Waals surface area contributed by atoms with Gasteiger partial charge in [0.25, 0.3) is 0 Å². The van der Waals surface area contributed by atoms with Crippen LogP contribution in [0.25, 0.3) is 0 Å². The Balaban J connectivity index is 1.27. The van der Waals surface area contributed by atoms with Crippen LogP contribution < -0.4 is 4.74 Å². The molecule has 11 heteroatoms. The summed E-state index contributed by atoms with van der Waals surface area (Å²) in [5, 5.41) is 0.782. The van der Waals surface area contributed by atoms with Crippen molar-refractivity contribution >= 4 is 41.1 Å². The number of piperidine rings is 1. The first-order chi connectivity index (χ1) is 19.1. The Bertz CT molecular complexity index is 1270. The van der Waals surface area contributed by atoms with Gasteiger partial charge in [0.1, 0.15) is 17.7 Å². The molecule has 5 rings (SSSR count). The van der Waals surface area contributed by atoms with Crippen molar-refractivity contribution in [1.82, 2.24) is 14.7 Å². The monoisotopic (exact) mass is 593 g/mol. The molecule has 2 saturated heterocycles. The van der Waals surface area contributed by atoms with Crippen LogP contribution in [0.3, 0.4) is 0 Å². The minimum absolute atomic E-state index is 0.0120. The third-order valence-corrected chi connectivity index (χ3v) is 9.10. The van der Waals surface area contributed by atoms with Crippen LogP contribution >= 0.6 is 23.2 Å². The van der Waals surface area contributed by atoms with Crippen LogP contribution in [0.5, 0.6) is 5.75 Å². The van der Waals surface area contributed by atoms with Gasteiger partial charge in [-0.2, -0.15) is 0 Å². The molecule has 2 atom stereocenters. The van der Waals surface area contributed by atoms with Gasteiger partial charge >= 0.3 is 6.09 Å². The van der Waals surface area contributed by atoms with Crippen molar-refractivity contribution in [3.63, 3.8) is 0 Å². The molecule has 2 unspecified atom stereocenters. The highest BCUT2D eigenvalue weighted by atomic mass is 35.5. The number of nitrogens with zero attached hydrogens (tertiary/aromatic N) is 3. The molecular formula is C29H31Cl2F2N3O4. The Kier molecular flexibility index (Phi) is 8.52. The van der Waals surface area contributed by atoms with Gasteiger partial charge in [-0.25, -0.2) is 13.6 Å². The molecule has 3 amide bonds. The fourth-order valence-electron chi connectivity index (χ4n) is 5.85. The van der Waals surface area contributed by atoms with Crippen molar-refractivity contribution in [2.75, 3.05) is 33.2 Å². The number of hydrogen-bond donors (Lipinski definition) is 0. The summed E-state index contributed by atoms with van der Waals surface area (Å²) in [4.78, 5) is 44.3. The maximum Gasteiger partial charge on any atom is 0.415 e. The van der Waals surface area contributed by atoms with E-state index in [4.69, 9.17) is 27.9 Å². The fourth-order valence-corrected chi connectivity index (χ4v) is 6.16. The van der Waals surface area contributed by atoms with Gasteiger partial charge in [0, 0.05) is 51.0 Å². The fraction of sp³-hybridized carbons (Fsp3) is 0.483. The van der Waals surface area contributed by atoms with Gasteiger partial charge in [0.2, 0.25) is 11.8 Å². The molecule has 0 bridgehead atoms. The van der Waals surface area contributed by atoms with Crippen LogP contribution in [0.2, 0.25) is 10.0 Å². The summed E-state index contributed by atoms with van der Waals surface area (Å²) in [6.07, 6.45) is 0.148. The van der Waals surface area contributed by atoms with E-state index < -0.39 is 24.1 Å².